The number of rotatable bonds is 51. The molecule has 0 heterocycles. The molecular weight excluding hydrogens is 877 g/mol. The molecule has 0 aromatic heterocycles. The molecule has 402 valence electrons. The number of allylic oxidation sites excluding steroid dienone is 20. The Morgan fingerprint density at radius 1 is 0.296 bits per heavy atom. The molecule has 6 nitrogen and oxygen atoms in total. The minimum absolute atomic E-state index is 0.126. The van der Waals surface area contributed by atoms with Crippen LogP contribution in [0.2, 0.25) is 0 Å². The molecule has 0 aliphatic carbocycles. The first-order valence-electron chi connectivity index (χ1n) is 29.0. The molecule has 0 radical (unpaired) electrons. The smallest absolute Gasteiger partial charge is 0.306 e. The van der Waals surface area contributed by atoms with Gasteiger partial charge in [0.2, 0.25) is 0 Å². The summed E-state index contributed by atoms with van der Waals surface area (Å²) < 4.78 is 16.8. The Balaban J connectivity index is 4.54. The molecule has 0 amide bonds. The second-order valence-electron chi connectivity index (χ2n) is 18.8. The normalized spacial score (nSPS) is 12.6. The Labute approximate surface area is 437 Å². The molecule has 0 fully saturated rings. The Morgan fingerprint density at radius 2 is 0.549 bits per heavy atom. The highest BCUT2D eigenvalue weighted by Gasteiger charge is 2.19. The van der Waals surface area contributed by atoms with Gasteiger partial charge in [-0.25, -0.2) is 0 Å². The quantitative estimate of drug-likeness (QED) is 0.0261. The average molecular weight is 984 g/mol. The molecule has 0 saturated carbocycles. The Kier molecular flexibility index (Phi) is 54.9. The zero-order valence-corrected chi connectivity index (χ0v) is 45.9. The van der Waals surface area contributed by atoms with Crippen LogP contribution in [0.3, 0.4) is 0 Å². The number of hydrogen-bond acceptors (Lipinski definition) is 6. The van der Waals surface area contributed by atoms with E-state index >= 15 is 0 Å². The monoisotopic (exact) mass is 983 g/mol. The molecule has 71 heavy (non-hydrogen) atoms. The van der Waals surface area contributed by atoms with Gasteiger partial charge < -0.3 is 14.2 Å². The standard InChI is InChI=1S/C65H106O6/c1-4-7-10-13-16-19-22-25-28-31-32-35-38-41-44-47-50-53-56-59-65(68)71-62(60-69-63(66)57-54-51-48-45-42-39-36-33-29-26-23-20-17-14-11-8-5-2)61-70-64(67)58-55-52-49-46-43-40-37-34-30-27-24-21-18-15-12-9-6-3/h8-9,11-12,17-18,20-21,26-27,29-30,36-37,39-40,45-46,48-49,62H,4-7,10,13-16,19,22-25,28,31-35,38,41-44,47,50-61H2,1-3H3/b11-8-,12-9-,20-17-,21-18-,29-26-,30-27-,39-36-,40-37-,48-45-,49-46-. The van der Waals surface area contributed by atoms with Gasteiger partial charge in [-0.1, -0.05) is 258 Å². The summed E-state index contributed by atoms with van der Waals surface area (Å²) in [5.41, 5.74) is 0. The first-order chi connectivity index (χ1) is 35.0. The molecule has 0 saturated heterocycles. The molecule has 0 bridgehead atoms. The van der Waals surface area contributed by atoms with Gasteiger partial charge in [0.1, 0.15) is 13.2 Å². The summed E-state index contributed by atoms with van der Waals surface area (Å²) in [4.78, 5) is 38.2. The fourth-order valence-electron chi connectivity index (χ4n) is 7.69. The Hall–Kier alpha value is -4.19. The van der Waals surface area contributed by atoms with Crippen molar-refractivity contribution in [2.45, 2.75) is 258 Å². The van der Waals surface area contributed by atoms with Gasteiger partial charge in [0.05, 0.1) is 0 Å². The molecule has 0 aliphatic rings. The number of carbonyl (C=O) groups excluding carboxylic acids is 3. The van der Waals surface area contributed by atoms with Gasteiger partial charge >= 0.3 is 17.9 Å². The maximum Gasteiger partial charge on any atom is 0.306 e. The van der Waals surface area contributed by atoms with E-state index in [9.17, 15) is 14.4 Å². The summed E-state index contributed by atoms with van der Waals surface area (Å²) in [6.45, 7) is 6.32. The van der Waals surface area contributed by atoms with Crippen LogP contribution in [0.4, 0.5) is 0 Å². The number of ether oxygens (including phenoxy) is 3. The maximum atomic E-state index is 12.9. The number of carbonyl (C=O) groups is 3. The van der Waals surface area contributed by atoms with Gasteiger partial charge in [0.15, 0.2) is 6.10 Å². The Bertz CT molecular complexity index is 1420. The highest BCUT2D eigenvalue weighted by molar-refractivity contribution is 5.71. The van der Waals surface area contributed by atoms with Gasteiger partial charge in [-0.3, -0.25) is 14.4 Å². The van der Waals surface area contributed by atoms with Crippen molar-refractivity contribution < 1.29 is 28.6 Å². The van der Waals surface area contributed by atoms with E-state index in [4.69, 9.17) is 14.2 Å². The van der Waals surface area contributed by atoms with Crippen molar-refractivity contribution >= 4 is 17.9 Å². The molecule has 0 atom stereocenters. The zero-order chi connectivity index (χ0) is 51.4. The molecular formula is C65H106O6. The highest BCUT2D eigenvalue weighted by Crippen LogP contribution is 2.16. The lowest BCUT2D eigenvalue weighted by Gasteiger charge is -2.18. The van der Waals surface area contributed by atoms with Crippen LogP contribution < -0.4 is 0 Å². The van der Waals surface area contributed by atoms with Crippen LogP contribution >= 0.6 is 0 Å². The summed E-state index contributed by atoms with van der Waals surface area (Å²) in [5, 5.41) is 0. The van der Waals surface area contributed by atoms with Crippen molar-refractivity contribution in [1.29, 1.82) is 0 Å². The number of hydrogen-bond donors (Lipinski definition) is 0. The van der Waals surface area contributed by atoms with E-state index in [1.54, 1.807) is 0 Å². The second-order valence-corrected chi connectivity index (χ2v) is 18.8. The third-order valence-electron chi connectivity index (χ3n) is 12.0. The van der Waals surface area contributed by atoms with E-state index in [2.05, 4.69) is 142 Å². The van der Waals surface area contributed by atoms with Crippen LogP contribution in [0, 0.1) is 0 Å². The number of unbranched alkanes of at least 4 members (excludes halogenated alkanes) is 20. The summed E-state index contributed by atoms with van der Waals surface area (Å²) in [7, 11) is 0. The summed E-state index contributed by atoms with van der Waals surface area (Å²) >= 11 is 0. The van der Waals surface area contributed by atoms with Crippen LogP contribution in [0.25, 0.3) is 0 Å². The molecule has 0 spiro atoms. The van der Waals surface area contributed by atoms with Crippen molar-refractivity contribution in [3.8, 4) is 0 Å². The third kappa shape index (κ3) is 56.6. The zero-order valence-electron chi connectivity index (χ0n) is 45.9. The predicted molar refractivity (Wildman–Crippen MR) is 306 cm³/mol. The van der Waals surface area contributed by atoms with Crippen LogP contribution in [-0.2, 0) is 28.6 Å². The minimum Gasteiger partial charge on any atom is -0.462 e. The molecule has 0 aliphatic heterocycles. The first-order valence-corrected chi connectivity index (χ1v) is 29.0. The van der Waals surface area contributed by atoms with Crippen LogP contribution in [0.15, 0.2) is 122 Å². The van der Waals surface area contributed by atoms with Crippen molar-refractivity contribution in [1.82, 2.24) is 0 Å². The second kappa shape index (κ2) is 58.4. The van der Waals surface area contributed by atoms with Gasteiger partial charge in [-0.05, 0) is 96.3 Å². The summed E-state index contributed by atoms with van der Waals surface area (Å²) in [5.74, 6) is -1.04. The van der Waals surface area contributed by atoms with Gasteiger partial charge in [0, 0.05) is 19.3 Å². The highest BCUT2D eigenvalue weighted by atomic mass is 16.6. The molecule has 0 aromatic rings. The lowest BCUT2D eigenvalue weighted by atomic mass is 10.0. The van der Waals surface area contributed by atoms with Crippen LogP contribution in [0.1, 0.15) is 252 Å². The molecule has 6 heteroatoms. The van der Waals surface area contributed by atoms with Gasteiger partial charge in [0.25, 0.3) is 0 Å². The fourth-order valence-corrected chi connectivity index (χ4v) is 7.69. The largest absolute Gasteiger partial charge is 0.462 e. The lowest BCUT2D eigenvalue weighted by molar-refractivity contribution is -0.167. The van der Waals surface area contributed by atoms with E-state index in [1.807, 2.05) is 0 Å². The van der Waals surface area contributed by atoms with Crippen molar-refractivity contribution in [3.05, 3.63) is 122 Å². The SMILES string of the molecule is CC/C=C\C/C=C\C/C=C\C/C=C\C/C=C\CCCC(=O)OCC(COC(=O)CCC/C=C\C/C=C\C/C=C\C/C=C\C/C=C\CC)OC(=O)CCCCCCCCCCCCCCCCCCCCC. The maximum absolute atomic E-state index is 12.9. The van der Waals surface area contributed by atoms with E-state index < -0.39 is 6.10 Å². The molecule has 0 rings (SSSR count). The predicted octanol–water partition coefficient (Wildman–Crippen LogP) is 19.6. The van der Waals surface area contributed by atoms with Gasteiger partial charge in [-0.2, -0.15) is 0 Å². The molecule has 0 unspecified atom stereocenters. The van der Waals surface area contributed by atoms with E-state index in [-0.39, 0.29) is 44.0 Å². The van der Waals surface area contributed by atoms with Crippen molar-refractivity contribution in [2.75, 3.05) is 13.2 Å². The molecule has 0 aromatic carbocycles. The Morgan fingerprint density at radius 3 is 0.845 bits per heavy atom. The average Bonchev–Trinajstić information content (AvgIpc) is 3.37. The van der Waals surface area contributed by atoms with E-state index in [0.29, 0.717) is 19.3 Å². The van der Waals surface area contributed by atoms with Gasteiger partial charge in [-0.15, -0.1) is 0 Å². The van der Waals surface area contributed by atoms with Crippen LogP contribution in [0.5, 0.6) is 0 Å². The van der Waals surface area contributed by atoms with Crippen LogP contribution in [-0.4, -0.2) is 37.2 Å². The van der Waals surface area contributed by atoms with E-state index in [1.165, 1.54) is 103 Å². The minimum atomic E-state index is -0.826. The van der Waals surface area contributed by atoms with Crippen molar-refractivity contribution in [2.24, 2.45) is 0 Å². The topological polar surface area (TPSA) is 78.9 Å². The first kappa shape index (κ1) is 66.8. The lowest BCUT2D eigenvalue weighted by Crippen LogP contribution is -2.30. The van der Waals surface area contributed by atoms with E-state index in [0.717, 1.165) is 96.3 Å². The third-order valence-corrected chi connectivity index (χ3v) is 12.0. The summed E-state index contributed by atoms with van der Waals surface area (Å²) in [6, 6.07) is 0. The summed E-state index contributed by atoms with van der Waals surface area (Å²) in [6.07, 6.45) is 80.6. The molecule has 0 N–H and O–H groups in total. The number of esters is 3. The van der Waals surface area contributed by atoms with Crippen molar-refractivity contribution in [3.63, 3.8) is 0 Å². The fraction of sp³-hybridized carbons (Fsp3) is 0.646.